The third-order valence-electron chi connectivity index (χ3n) is 4.37. The van der Waals surface area contributed by atoms with Crippen molar-refractivity contribution >= 4 is 22.4 Å². The Bertz CT molecular complexity index is 1010. The van der Waals surface area contributed by atoms with Crippen LogP contribution in [-0.4, -0.2) is 25.2 Å². The molecule has 2 aromatic carbocycles. The lowest BCUT2D eigenvalue weighted by atomic mass is 10.1. The van der Waals surface area contributed by atoms with E-state index in [1.165, 1.54) is 11.3 Å². The fourth-order valence-corrected chi connectivity index (χ4v) is 3.94. The number of para-hydroxylation sites is 1. The summed E-state index contributed by atoms with van der Waals surface area (Å²) in [6.07, 6.45) is 0. The predicted molar refractivity (Wildman–Crippen MR) is 110 cm³/mol. The van der Waals surface area contributed by atoms with E-state index in [-0.39, 0.29) is 5.96 Å². The Labute approximate surface area is 166 Å². The molecule has 0 amide bonds. The standard InChI is InChI=1S/C20H20N4O3S/c1-25-14-8-5-9-15(26-2)13(14)10-22-19(21)24-20-23-18-12-6-3-4-7-16(12)27-11-17(18)28-20/h3-9H,10-11H2,1-2H3,(H3,21,22,23,24). The summed E-state index contributed by atoms with van der Waals surface area (Å²) >= 11 is 1.51. The van der Waals surface area contributed by atoms with Crippen LogP contribution in [0, 0.1) is 0 Å². The van der Waals surface area contributed by atoms with Gasteiger partial charge in [0.2, 0.25) is 0 Å². The summed E-state index contributed by atoms with van der Waals surface area (Å²) in [6, 6.07) is 13.5. The molecule has 144 valence electrons. The van der Waals surface area contributed by atoms with Crippen LogP contribution >= 0.6 is 11.3 Å². The van der Waals surface area contributed by atoms with Crippen LogP contribution in [0.25, 0.3) is 11.3 Å². The van der Waals surface area contributed by atoms with Crippen LogP contribution in [-0.2, 0) is 13.2 Å². The molecular weight excluding hydrogens is 376 g/mol. The van der Waals surface area contributed by atoms with Gasteiger partial charge in [0.1, 0.15) is 23.9 Å². The first kappa shape index (κ1) is 18.1. The fourth-order valence-electron chi connectivity index (χ4n) is 3.04. The van der Waals surface area contributed by atoms with Crippen LogP contribution in [0.15, 0.2) is 47.5 Å². The van der Waals surface area contributed by atoms with Crippen molar-refractivity contribution in [2.75, 3.05) is 19.5 Å². The van der Waals surface area contributed by atoms with E-state index >= 15 is 0 Å². The Balaban J connectivity index is 1.53. The third kappa shape index (κ3) is 3.46. The third-order valence-corrected chi connectivity index (χ3v) is 5.31. The molecule has 1 aliphatic rings. The van der Waals surface area contributed by atoms with Gasteiger partial charge < -0.3 is 25.3 Å². The molecule has 0 radical (unpaired) electrons. The number of ether oxygens (including phenoxy) is 3. The average molecular weight is 396 g/mol. The molecule has 0 saturated heterocycles. The highest BCUT2D eigenvalue weighted by Gasteiger charge is 2.21. The summed E-state index contributed by atoms with van der Waals surface area (Å²) in [5.41, 5.74) is 8.83. The predicted octanol–water partition coefficient (Wildman–Crippen LogP) is 3.65. The second-order valence-corrected chi connectivity index (χ2v) is 7.13. The quantitative estimate of drug-likeness (QED) is 0.505. The zero-order valence-corrected chi connectivity index (χ0v) is 16.4. The molecule has 0 bridgehead atoms. The lowest BCUT2D eigenvalue weighted by Gasteiger charge is -2.15. The number of nitrogens with zero attached hydrogens (tertiary/aromatic N) is 2. The van der Waals surface area contributed by atoms with Crippen LogP contribution in [0.3, 0.4) is 0 Å². The highest BCUT2D eigenvalue weighted by molar-refractivity contribution is 7.16. The number of guanidine groups is 1. The van der Waals surface area contributed by atoms with Crippen LogP contribution in [0.5, 0.6) is 17.2 Å². The first-order chi connectivity index (χ1) is 13.7. The number of aromatic nitrogens is 1. The first-order valence-corrected chi connectivity index (χ1v) is 9.50. The second-order valence-electron chi connectivity index (χ2n) is 6.04. The van der Waals surface area contributed by atoms with E-state index in [0.717, 1.165) is 27.4 Å². The maximum Gasteiger partial charge on any atom is 0.195 e. The minimum Gasteiger partial charge on any atom is -0.496 e. The SMILES string of the molecule is COc1cccc(OC)c1CN=C(N)Nc1nc2c(s1)COc1ccccc1-2. The summed E-state index contributed by atoms with van der Waals surface area (Å²) in [4.78, 5) is 10.1. The lowest BCUT2D eigenvalue weighted by molar-refractivity contribution is 0.305. The van der Waals surface area contributed by atoms with Crippen molar-refractivity contribution < 1.29 is 14.2 Å². The van der Waals surface area contributed by atoms with Crippen molar-refractivity contribution in [3.8, 4) is 28.5 Å². The van der Waals surface area contributed by atoms with E-state index < -0.39 is 0 Å². The molecule has 0 unspecified atom stereocenters. The van der Waals surface area contributed by atoms with Gasteiger partial charge in [-0.3, -0.25) is 0 Å². The van der Waals surface area contributed by atoms with Crippen LogP contribution < -0.4 is 25.3 Å². The smallest absolute Gasteiger partial charge is 0.195 e. The Morgan fingerprint density at radius 1 is 1.18 bits per heavy atom. The van der Waals surface area contributed by atoms with E-state index in [1.807, 2.05) is 42.5 Å². The van der Waals surface area contributed by atoms with Crippen molar-refractivity contribution in [1.82, 2.24) is 4.98 Å². The topological polar surface area (TPSA) is 91.0 Å². The molecule has 8 heteroatoms. The Morgan fingerprint density at radius 2 is 1.93 bits per heavy atom. The van der Waals surface area contributed by atoms with Gasteiger partial charge in [-0.1, -0.05) is 29.5 Å². The molecule has 0 spiro atoms. The van der Waals surface area contributed by atoms with E-state index in [1.54, 1.807) is 14.2 Å². The monoisotopic (exact) mass is 396 g/mol. The van der Waals surface area contributed by atoms with Crippen molar-refractivity contribution in [3.63, 3.8) is 0 Å². The van der Waals surface area contributed by atoms with E-state index in [9.17, 15) is 0 Å². The molecule has 7 nitrogen and oxygen atoms in total. The highest BCUT2D eigenvalue weighted by Crippen LogP contribution is 2.40. The molecule has 28 heavy (non-hydrogen) atoms. The summed E-state index contributed by atoms with van der Waals surface area (Å²) in [7, 11) is 3.23. The van der Waals surface area contributed by atoms with E-state index in [0.29, 0.717) is 29.8 Å². The summed E-state index contributed by atoms with van der Waals surface area (Å²) in [5.74, 6) is 2.52. The Kier molecular flexibility index (Phi) is 5.03. The van der Waals surface area contributed by atoms with Gasteiger partial charge >= 0.3 is 0 Å². The molecule has 0 saturated carbocycles. The van der Waals surface area contributed by atoms with Crippen molar-refractivity contribution in [3.05, 3.63) is 52.9 Å². The molecule has 0 aliphatic carbocycles. The molecular formula is C20H20N4O3S. The highest BCUT2D eigenvalue weighted by atomic mass is 32.1. The van der Waals surface area contributed by atoms with Crippen LogP contribution in [0.2, 0.25) is 0 Å². The molecule has 3 N–H and O–H groups in total. The normalized spacial score (nSPS) is 12.6. The second kappa shape index (κ2) is 7.77. The molecule has 2 heterocycles. The van der Waals surface area contributed by atoms with Gasteiger partial charge in [0.15, 0.2) is 11.1 Å². The number of hydrogen-bond donors (Lipinski definition) is 2. The van der Waals surface area contributed by atoms with Gasteiger partial charge in [-0.25, -0.2) is 9.98 Å². The maximum atomic E-state index is 6.08. The maximum absolute atomic E-state index is 6.08. The van der Waals surface area contributed by atoms with Gasteiger partial charge in [-0.15, -0.1) is 0 Å². The lowest BCUT2D eigenvalue weighted by Crippen LogP contribution is -2.22. The van der Waals surface area contributed by atoms with Crippen molar-refractivity contribution in [1.29, 1.82) is 0 Å². The van der Waals surface area contributed by atoms with E-state index in [4.69, 9.17) is 19.9 Å². The molecule has 3 aromatic rings. The molecule has 0 fully saturated rings. The number of methoxy groups -OCH3 is 2. The van der Waals surface area contributed by atoms with Gasteiger partial charge in [0.05, 0.1) is 36.9 Å². The Morgan fingerprint density at radius 3 is 2.68 bits per heavy atom. The molecule has 4 rings (SSSR count). The minimum atomic E-state index is 0.272. The van der Waals surface area contributed by atoms with Gasteiger partial charge in [0, 0.05) is 5.56 Å². The van der Waals surface area contributed by atoms with Crippen LogP contribution in [0.1, 0.15) is 10.4 Å². The summed E-state index contributed by atoms with van der Waals surface area (Å²) in [6.45, 7) is 0.824. The number of thiazole rings is 1. The number of nitrogens with one attached hydrogen (secondary N) is 1. The first-order valence-electron chi connectivity index (χ1n) is 8.68. The number of hydrogen-bond acceptors (Lipinski definition) is 6. The van der Waals surface area contributed by atoms with Gasteiger partial charge in [-0.05, 0) is 24.3 Å². The largest absolute Gasteiger partial charge is 0.496 e. The summed E-state index contributed by atoms with van der Waals surface area (Å²) < 4.78 is 16.6. The fraction of sp³-hybridized carbons (Fsp3) is 0.200. The number of fused-ring (bicyclic) bond motifs is 3. The van der Waals surface area contributed by atoms with Crippen molar-refractivity contribution in [2.45, 2.75) is 13.2 Å². The zero-order valence-electron chi connectivity index (χ0n) is 15.6. The van der Waals surface area contributed by atoms with Gasteiger partial charge in [-0.2, -0.15) is 0 Å². The zero-order chi connectivity index (χ0) is 19.5. The Hall–Kier alpha value is -3.26. The number of rotatable bonds is 5. The summed E-state index contributed by atoms with van der Waals surface area (Å²) in [5, 5.41) is 3.75. The average Bonchev–Trinajstić information content (AvgIpc) is 3.14. The van der Waals surface area contributed by atoms with Crippen molar-refractivity contribution in [2.24, 2.45) is 10.7 Å². The van der Waals surface area contributed by atoms with Gasteiger partial charge in [0.25, 0.3) is 0 Å². The number of anilines is 1. The molecule has 1 aliphatic heterocycles. The minimum absolute atomic E-state index is 0.272. The number of benzene rings is 2. The molecule has 0 atom stereocenters. The van der Waals surface area contributed by atoms with E-state index in [2.05, 4.69) is 15.3 Å². The number of nitrogens with two attached hydrogens (primary N) is 1. The van der Waals surface area contributed by atoms with Crippen LogP contribution in [0.4, 0.5) is 5.13 Å². The number of aliphatic imine (C=N–C) groups is 1. The molecule has 1 aromatic heterocycles.